The van der Waals surface area contributed by atoms with E-state index in [1.165, 1.54) is 6.26 Å². The topological polar surface area (TPSA) is 67.9 Å². The van der Waals surface area contributed by atoms with Gasteiger partial charge in [-0.3, -0.25) is 4.90 Å². The van der Waals surface area contributed by atoms with Gasteiger partial charge in [0.25, 0.3) is 0 Å². The zero-order chi connectivity index (χ0) is 16.0. The van der Waals surface area contributed by atoms with Crippen molar-refractivity contribution in [3.05, 3.63) is 24.3 Å². The second-order valence-corrected chi connectivity index (χ2v) is 7.31. The van der Waals surface area contributed by atoms with Crippen molar-refractivity contribution in [2.45, 2.75) is 18.9 Å². The maximum Gasteiger partial charge on any atom is 0.208 e. The van der Waals surface area contributed by atoms with E-state index in [2.05, 4.69) is 9.62 Å². The van der Waals surface area contributed by atoms with Crippen LogP contribution in [-0.2, 0) is 10.0 Å². The van der Waals surface area contributed by atoms with Crippen molar-refractivity contribution in [2.75, 3.05) is 39.6 Å². The molecule has 22 heavy (non-hydrogen) atoms. The number of ether oxygens (including phenoxy) is 2. The lowest BCUT2D eigenvalue weighted by Gasteiger charge is -2.31. The molecule has 1 saturated heterocycles. The summed E-state index contributed by atoms with van der Waals surface area (Å²) in [5, 5.41) is 0. The Balaban J connectivity index is 1.66. The van der Waals surface area contributed by atoms with Gasteiger partial charge in [0.15, 0.2) is 0 Å². The minimum atomic E-state index is -3.10. The molecule has 1 fully saturated rings. The van der Waals surface area contributed by atoms with Gasteiger partial charge >= 0.3 is 0 Å². The molecule has 1 heterocycles. The van der Waals surface area contributed by atoms with Crippen LogP contribution in [0.4, 0.5) is 0 Å². The molecule has 0 radical (unpaired) electrons. The highest BCUT2D eigenvalue weighted by Gasteiger charge is 2.21. The third-order valence-corrected chi connectivity index (χ3v) is 4.47. The molecule has 1 aliphatic heterocycles. The monoisotopic (exact) mass is 328 g/mol. The van der Waals surface area contributed by atoms with E-state index < -0.39 is 10.0 Å². The Morgan fingerprint density at radius 1 is 1.18 bits per heavy atom. The minimum absolute atomic E-state index is 0.0637. The van der Waals surface area contributed by atoms with Gasteiger partial charge in [-0.05, 0) is 50.2 Å². The van der Waals surface area contributed by atoms with Crippen molar-refractivity contribution in [3.63, 3.8) is 0 Å². The number of nitrogens with one attached hydrogen (secondary N) is 1. The fraction of sp³-hybridized carbons (Fsp3) is 0.600. The van der Waals surface area contributed by atoms with Gasteiger partial charge in [-0.25, -0.2) is 13.1 Å². The Kier molecular flexibility index (Phi) is 6.05. The summed E-state index contributed by atoms with van der Waals surface area (Å²) in [5.74, 6) is 1.64. The molecule has 1 aromatic carbocycles. The third kappa shape index (κ3) is 5.82. The molecule has 1 aromatic rings. The number of sulfonamides is 1. The summed E-state index contributed by atoms with van der Waals surface area (Å²) in [7, 11) is -1.47. The van der Waals surface area contributed by atoms with Gasteiger partial charge in [0.1, 0.15) is 18.1 Å². The SMILES string of the molecule is COc1ccc(OCCN2CCC(NS(C)(=O)=O)CC2)cc1. The van der Waals surface area contributed by atoms with E-state index in [0.29, 0.717) is 6.61 Å². The van der Waals surface area contributed by atoms with Gasteiger partial charge in [0, 0.05) is 12.6 Å². The van der Waals surface area contributed by atoms with Gasteiger partial charge in [-0.1, -0.05) is 0 Å². The summed E-state index contributed by atoms with van der Waals surface area (Å²) in [6.45, 7) is 3.24. The van der Waals surface area contributed by atoms with Crippen LogP contribution in [0.5, 0.6) is 11.5 Å². The number of nitrogens with zero attached hydrogens (tertiary/aromatic N) is 1. The van der Waals surface area contributed by atoms with Gasteiger partial charge in [0.05, 0.1) is 13.4 Å². The number of benzene rings is 1. The molecule has 7 heteroatoms. The van der Waals surface area contributed by atoms with E-state index >= 15 is 0 Å². The molecule has 124 valence electrons. The van der Waals surface area contributed by atoms with E-state index in [0.717, 1.165) is 44.0 Å². The van der Waals surface area contributed by atoms with Crippen LogP contribution >= 0.6 is 0 Å². The molecule has 2 rings (SSSR count). The van der Waals surface area contributed by atoms with Crippen molar-refractivity contribution >= 4 is 10.0 Å². The first-order chi connectivity index (χ1) is 10.5. The van der Waals surface area contributed by atoms with Crippen LogP contribution < -0.4 is 14.2 Å². The lowest BCUT2D eigenvalue weighted by atomic mass is 10.1. The molecule has 0 amide bonds. The summed E-state index contributed by atoms with van der Waals surface area (Å²) in [6, 6.07) is 7.59. The van der Waals surface area contributed by atoms with E-state index in [-0.39, 0.29) is 6.04 Å². The van der Waals surface area contributed by atoms with Crippen LogP contribution in [0.3, 0.4) is 0 Å². The summed E-state index contributed by atoms with van der Waals surface area (Å²) in [6.07, 6.45) is 2.90. The fourth-order valence-corrected chi connectivity index (χ4v) is 3.38. The van der Waals surface area contributed by atoms with Crippen LogP contribution in [0.1, 0.15) is 12.8 Å². The van der Waals surface area contributed by atoms with Gasteiger partial charge in [0.2, 0.25) is 10.0 Å². The second kappa shape index (κ2) is 7.80. The largest absolute Gasteiger partial charge is 0.497 e. The highest BCUT2D eigenvalue weighted by atomic mass is 32.2. The van der Waals surface area contributed by atoms with Crippen molar-refractivity contribution in [1.29, 1.82) is 0 Å². The molecule has 0 aliphatic carbocycles. The normalized spacial score (nSPS) is 17.4. The highest BCUT2D eigenvalue weighted by Crippen LogP contribution is 2.17. The average Bonchev–Trinajstić information content (AvgIpc) is 2.48. The van der Waals surface area contributed by atoms with Crippen LogP contribution in [0.15, 0.2) is 24.3 Å². The first kappa shape index (κ1) is 17.1. The number of hydrogen-bond acceptors (Lipinski definition) is 5. The smallest absolute Gasteiger partial charge is 0.208 e. The summed E-state index contributed by atoms with van der Waals surface area (Å²) >= 11 is 0. The number of hydrogen-bond donors (Lipinski definition) is 1. The number of rotatable bonds is 7. The minimum Gasteiger partial charge on any atom is -0.497 e. The number of piperidine rings is 1. The quantitative estimate of drug-likeness (QED) is 0.811. The number of methoxy groups -OCH3 is 1. The predicted molar refractivity (Wildman–Crippen MR) is 85.9 cm³/mol. The van der Waals surface area contributed by atoms with E-state index in [4.69, 9.17) is 9.47 Å². The van der Waals surface area contributed by atoms with Crippen LogP contribution in [0.2, 0.25) is 0 Å². The second-order valence-electron chi connectivity index (χ2n) is 5.53. The molecule has 0 spiro atoms. The molecule has 0 aromatic heterocycles. The maximum atomic E-state index is 11.2. The zero-order valence-corrected chi connectivity index (χ0v) is 13.9. The lowest BCUT2D eigenvalue weighted by Crippen LogP contribution is -2.45. The van der Waals surface area contributed by atoms with Crippen LogP contribution in [0.25, 0.3) is 0 Å². The average molecular weight is 328 g/mol. The first-order valence-corrected chi connectivity index (χ1v) is 9.32. The van der Waals surface area contributed by atoms with Gasteiger partial charge in [-0.2, -0.15) is 0 Å². The Morgan fingerprint density at radius 3 is 2.32 bits per heavy atom. The van der Waals surface area contributed by atoms with Crippen LogP contribution in [-0.4, -0.2) is 59.0 Å². The van der Waals surface area contributed by atoms with E-state index in [9.17, 15) is 8.42 Å². The lowest BCUT2D eigenvalue weighted by molar-refractivity contribution is 0.170. The first-order valence-electron chi connectivity index (χ1n) is 7.43. The Bertz CT molecular complexity index is 551. The Labute approximate surface area is 132 Å². The molecular weight excluding hydrogens is 304 g/mol. The van der Waals surface area contributed by atoms with Crippen molar-refractivity contribution in [1.82, 2.24) is 9.62 Å². The van der Waals surface area contributed by atoms with Gasteiger partial charge < -0.3 is 9.47 Å². The third-order valence-electron chi connectivity index (χ3n) is 3.70. The predicted octanol–water partition coefficient (Wildman–Crippen LogP) is 1.09. The molecular formula is C15H24N2O4S. The zero-order valence-electron chi connectivity index (χ0n) is 13.1. The van der Waals surface area contributed by atoms with Crippen molar-refractivity contribution in [3.8, 4) is 11.5 Å². The number of likely N-dealkylation sites (tertiary alicyclic amines) is 1. The molecule has 0 unspecified atom stereocenters. The van der Waals surface area contributed by atoms with E-state index in [1.807, 2.05) is 24.3 Å². The molecule has 6 nitrogen and oxygen atoms in total. The summed E-state index contributed by atoms with van der Waals surface area (Å²) in [4.78, 5) is 2.30. The van der Waals surface area contributed by atoms with Gasteiger partial charge in [-0.15, -0.1) is 0 Å². The van der Waals surface area contributed by atoms with Crippen LogP contribution in [0, 0.1) is 0 Å². The standard InChI is InChI=1S/C15H24N2O4S/c1-20-14-3-5-15(6-4-14)21-12-11-17-9-7-13(8-10-17)16-22(2,18)19/h3-6,13,16H,7-12H2,1-2H3. The summed E-state index contributed by atoms with van der Waals surface area (Å²) in [5.41, 5.74) is 0. The Hall–Kier alpha value is -1.31. The molecule has 0 bridgehead atoms. The molecule has 1 aliphatic rings. The fourth-order valence-electron chi connectivity index (χ4n) is 2.54. The maximum absolute atomic E-state index is 11.2. The van der Waals surface area contributed by atoms with E-state index in [1.54, 1.807) is 7.11 Å². The Morgan fingerprint density at radius 2 is 1.77 bits per heavy atom. The summed E-state index contributed by atoms with van der Waals surface area (Å²) < 4.78 is 35.9. The molecule has 0 atom stereocenters. The van der Waals surface area contributed by atoms with Crippen molar-refractivity contribution in [2.24, 2.45) is 0 Å². The highest BCUT2D eigenvalue weighted by molar-refractivity contribution is 7.88. The molecule has 1 N–H and O–H groups in total. The molecule has 0 saturated carbocycles. The van der Waals surface area contributed by atoms with Crippen molar-refractivity contribution < 1.29 is 17.9 Å².